The number of anilines is 2. The molecular formula is C14H24N2O5. The molecule has 0 aliphatic rings. The van der Waals surface area contributed by atoms with Crippen LogP contribution in [0.4, 0.5) is 11.4 Å². The summed E-state index contributed by atoms with van der Waals surface area (Å²) in [7, 11) is 0. The summed E-state index contributed by atoms with van der Waals surface area (Å²) >= 11 is 0. The van der Waals surface area contributed by atoms with Crippen molar-refractivity contribution in [2.75, 3.05) is 24.2 Å². The fraction of sp³-hybridized carbons (Fsp3) is 0.571. The molecule has 0 heterocycles. The zero-order valence-electron chi connectivity index (χ0n) is 12.2. The van der Waals surface area contributed by atoms with Crippen LogP contribution in [0.25, 0.3) is 0 Å². The topological polar surface area (TPSA) is 139 Å². The molecular weight excluding hydrogens is 276 g/mol. The lowest BCUT2D eigenvalue weighted by molar-refractivity contribution is -0.111. The molecule has 0 bridgehead atoms. The Morgan fingerprint density at radius 3 is 2.14 bits per heavy atom. The van der Waals surface area contributed by atoms with Gasteiger partial charge in [0, 0.05) is 17.9 Å². The number of aliphatic hydroxyl groups is 5. The van der Waals surface area contributed by atoms with E-state index in [9.17, 15) is 20.4 Å². The van der Waals surface area contributed by atoms with E-state index >= 15 is 0 Å². The van der Waals surface area contributed by atoms with Crippen LogP contribution in [-0.2, 0) is 0 Å². The second-order valence-electron chi connectivity index (χ2n) is 5.13. The van der Waals surface area contributed by atoms with Crippen molar-refractivity contribution in [1.82, 2.24) is 0 Å². The van der Waals surface area contributed by atoms with E-state index in [0.717, 1.165) is 16.8 Å². The number of benzene rings is 1. The highest BCUT2D eigenvalue weighted by Gasteiger charge is 2.29. The number of nitrogen functional groups attached to an aromatic ring is 1. The summed E-state index contributed by atoms with van der Waals surface area (Å²) in [5, 5.41) is 49.9. The van der Waals surface area contributed by atoms with Crippen molar-refractivity contribution in [2.45, 2.75) is 38.3 Å². The van der Waals surface area contributed by atoms with Crippen molar-refractivity contribution in [2.24, 2.45) is 0 Å². The minimum atomic E-state index is -1.62. The highest BCUT2D eigenvalue weighted by atomic mass is 16.4. The summed E-state index contributed by atoms with van der Waals surface area (Å²) in [4.78, 5) is 0. The Hall–Kier alpha value is -1.38. The number of aliphatic hydroxyl groups excluding tert-OH is 5. The van der Waals surface area contributed by atoms with Gasteiger partial charge < -0.3 is 36.6 Å². The molecule has 120 valence electrons. The van der Waals surface area contributed by atoms with Gasteiger partial charge in [-0.3, -0.25) is 0 Å². The van der Waals surface area contributed by atoms with Crippen LogP contribution < -0.4 is 11.1 Å². The van der Waals surface area contributed by atoms with E-state index in [1.165, 1.54) is 0 Å². The maximum Gasteiger partial charge on any atom is 0.111 e. The van der Waals surface area contributed by atoms with E-state index in [1.54, 1.807) is 12.1 Å². The normalized spacial score (nSPS) is 17.1. The first kappa shape index (κ1) is 17.7. The molecule has 7 heteroatoms. The first-order chi connectivity index (χ1) is 9.79. The maximum atomic E-state index is 9.82. The van der Waals surface area contributed by atoms with Gasteiger partial charge in [-0.1, -0.05) is 0 Å². The van der Waals surface area contributed by atoms with Gasteiger partial charge in [0.25, 0.3) is 0 Å². The van der Waals surface area contributed by atoms with Gasteiger partial charge in [0.15, 0.2) is 0 Å². The highest BCUT2D eigenvalue weighted by molar-refractivity contribution is 5.62. The summed E-state index contributed by atoms with van der Waals surface area (Å²) < 4.78 is 0. The van der Waals surface area contributed by atoms with E-state index in [1.807, 2.05) is 13.8 Å². The predicted molar refractivity (Wildman–Crippen MR) is 79.9 cm³/mol. The quantitative estimate of drug-likeness (QED) is 0.312. The third-order valence-corrected chi connectivity index (χ3v) is 3.66. The molecule has 1 aromatic carbocycles. The van der Waals surface area contributed by atoms with Crippen LogP contribution in [0.2, 0.25) is 0 Å². The Kier molecular flexibility index (Phi) is 6.38. The first-order valence-corrected chi connectivity index (χ1v) is 6.72. The van der Waals surface area contributed by atoms with E-state index in [-0.39, 0.29) is 6.54 Å². The van der Waals surface area contributed by atoms with Crippen LogP contribution in [0.3, 0.4) is 0 Å². The zero-order chi connectivity index (χ0) is 16.2. The minimum absolute atomic E-state index is 0.0272. The van der Waals surface area contributed by atoms with Crippen LogP contribution in [0.1, 0.15) is 11.1 Å². The Morgan fingerprint density at radius 2 is 1.57 bits per heavy atom. The average Bonchev–Trinajstić information content (AvgIpc) is 2.49. The number of hydrogen-bond acceptors (Lipinski definition) is 7. The third-order valence-electron chi connectivity index (χ3n) is 3.66. The number of rotatable bonds is 7. The van der Waals surface area contributed by atoms with Crippen LogP contribution in [0.5, 0.6) is 0 Å². The van der Waals surface area contributed by atoms with E-state index in [0.29, 0.717) is 5.69 Å². The molecule has 1 aromatic rings. The van der Waals surface area contributed by atoms with E-state index in [4.69, 9.17) is 10.8 Å². The number of nitrogens with two attached hydrogens (primary N) is 1. The van der Waals surface area contributed by atoms with Gasteiger partial charge in [-0.15, -0.1) is 0 Å². The Morgan fingerprint density at radius 1 is 1.00 bits per heavy atom. The lowest BCUT2D eigenvalue weighted by Crippen LogP contribution is -2.48. The van der Waals surface area contributed by atoms with E-state index in [2.05, 4.69) is 5.32 Å². The van der Waals surface area contributed by atoms with Crippen molar-refractivity contribution in [3.05, 3.63) is 23.3 Å². The van der Waals surface area contributed by atoms with Gasteiger partial charge in [0.05, 0.1) is 12.7 Å². The van der Waals surface area contributed by atoms with Gasteiger partial charge in [0.1, 0.15) is 18.3 Å². The number of hydrogen-bond donors (Lipinski definition) is 7. The van der Waals surface area contributed by atoms with Crippen molar-refractivity contribution in [3.63, 3.8) is 0 Å². The molecule has 0 radical (unpaired) electrons. The fourth-order valence-corrected chi connectivity index (χ4v) is 1.93. The summed E-state index contributed by atoms with van der Waals surface area (Å²) in [6.45, 7) is 3.03. The highest BCUT2D eigenvalue weighted by Crippen LogP contribution is 2.23. The van der Waals surface area contributed by atoms with Crippen molar-refractivity contribution < 1.29 is 25.5 Å². The number of nitrogens with one attached hydrogen (secondary N) is 1. The minimum Gasteiger partial charge on any atom is -0.399 e. The molecule has 0 aromatic heterocycles. The SMILES string of the molecule is Cc1c(N)ccc(NCC(O)C(O)C(O)C(O)CO)c1C. The van der Waals surface area contributed by atoms with Gasteiger partial charge in [-0.2, -0.15) is 0 Å². The van der Waals surface area contributed by atoms with Crippen LogP contribution in [0, 0.1) is 13.8 Å². The molecule has 0 fully saturated rings. The molecule has 0 amide bonds. The van der Waals surface area contributed by atoms with E-state index < -0.39 is 31.0 Å². The summed E-state index contributed by atoms with van der Waals surface area (Å²) in [6, 6.07) is 3.49. The maximum absolute atomic E-state index is 9.82. The Labute approximate surface area is 123 Å². The van der Waals surface area contributed by atoms with Crippen molar-refractivity contribution >= 4 is 11.4 Å². The van der Waals surface area contributed by atoms with Gasteiger partial charge in [0.2, 0.25) is 0 Å². The molecule has 0 aliphatic heterocycles. The van der Waals surface area contributed by atoms with Gasteiger partial charge in [-0.05, 0) is 37.1 Å². The molecule has 8 N–H and O–H groups in total. The zero-order valence-corrected chi connectivity index (χ0v) is 12.2. The standard InChI is InChI=1S/C14H24N2O5/c1-7-8(2)10(4-3-9(7)15)16-5-11(18)13(20)14(21)12(19)6-17/h3-4,11-14,16-21H,5-6,15H2,1-2H3. The van der Waals surface area contributed by atoms with Crippen molar-refractivity contribution in [1.29, 1.82) is 0 Å². The molecule has 0 saturated heterocycles. The van der Waals surface area contributed by atoms with Crippen LogP contribution >= 0.6 is 0 Å². The Balaban J connectivity index is 2.65. The second kappa shape index (κ2) is 7.58. The molecule has 0 aliphatic carbocycles. The van der Waals surface area contributed by atoms with Crippen LogP contribution in [-0.4, -0.2) is 63.1 Å². The molecule has 0 saturated carbocycles. The first-order valence-electron chi connectivity index (χ1n) is 6.72. The average molecular weight is 300 g/mol. The molecule has 4 unspecified atom stereocenters. The van der Waals surface area contributed by atoms with Crippen LogP contribution in [0.15, 0.2) is 12.1 Å². The summed E-state index contributed by atoms with van der Waals surface area (Å²) in [6.07, 6.45) is -6.01. The summed E-state index contributed by atoms with van der Waals surface area (Å²) in [5.74, 6) is 0. The Bertz CT molecular complexity index is 469. The lowest BCUT2D eigenvalue weighted by atomic mass is 10.0. The predicted octanol–water partition coefficient (Wildman–Crippen LogP) is -1.27. The molecule has 1 rings (SSSR count). The van der Waals surface area contributed by atoms with Crippen molar-refractivity contribution in [3.8, 4) is 0 Å². The molecule has 21 heavy (non-hydrogen) atoms. The molecule has 7 nitrogen and oxygen atoms in total. The smallest absolute Gasteiger partial charge is 0.111 e. The second-order valence-corrected chi connectivity index (χ2v) is 5.13. The fourth-order valence-electron chi connectivity index (χ4n) is 1.93. The molecule has 4 atom stereocenters. The van der Waals surface area contributed by atoms with Gasteiger partial charge in [-0.25, -0.2) is 0 Å². The molecule has 0 spiro atoms. The third kappa shape index (κ3) is 4.29. The lowest BCUT2D eigenvalue weighted by Gasteiger charge is -2.26. The summed E-state index contributed by atoms with van der Waals surface area (Å²) in [5.41, 5.74) is 9.05. The monoisotopic (exact) mass is 300 g/mol. The van der Waals surface area contributed by atoms with Gasteiger partial charge >= 0.3 is 0 Å². The largest absolute Gasteiger partial charge is 0.399 e.